The standard InChI is InChI=1S/C16H25NO/c1-14(15-8-5-6-9-15)17-12-7-13-18-16-10-3-2-4-11-16/h2-4,10-11,14-15,17H,5-9,12-13H2,1H3/t14-/m0/s1. The van der Waals surface area contributed by atoms with Crippen LogP contribution in [0.25, 0.3) is 0 Å². The smallest absolute Gasteiger partial charge is 0.119 e. The van der Waals surface area contributed by atoms with Crippen molar-refractivity contribution in [3.8, 4) is 5.75 Å². The van der Waals surface area contributed by atoms with E-state index in [1.165, 1.54) is 25.7 Å². The zero-order chi connectivity index (χ0) is 12.6. The van der Waals surface area contributed by atoms with E-state index in [1.807, 2.05) is 30.3 Å². The van der Waals surface area contributed by atoms with Crippen molar-refractivity contribution < 1.29 is 4.74 Å². The summed E-state index contributed by atoms with van der Waals surface area (Å²) in [6, 6.07) is 10.7. The van der Waals surface area contributed by atoms with Crippen molar-refractivity contribution in [1.82, 2.24) is 5.32 Å². The number of rotatable bonds is 7. The highest BCUT2D eigenvalue weighted by molar-refractivity contribution is 5.20. The Morgan fingerprint density at radius 3 is 2.67 bits per heavy atom. The molecule has 0 radical (unpaired) electrons. The first-order valence-corrected chi connectivity index (χ1v) is 7.27. The lowest BCUT2D eigenvalue weighted by molar-refractivity contribution is 0.297. The Labute approximate surface area is 111 Å². The van der Waals surface area contributed by atoms with Crippen LogP contribution in [0, 0.1) is 5.92 Å². The Balaban J connectivity index is 1.53. The normalized spacial score (nSPS) is 17.8. The molecule has 1 aliphatic rings. The van der Waals surface area contributed by atoms with Crippen LogP contribution < -0.4 is 10.1 Å². The van der Waals surface area contributed by atoms with Crippen LogP contribution in [0.5, 0.6) is 5.75 Å². The zero-order valence-electron chi connectivity index (χ0n) is 11.4. The molecule has 0 unspecified atom stereocenters. The number of hydrogen-bond donors (Lipinski definition) is 1. The van der Waals surface area contributed by atoms with Gasteiger partial charge in [0.05, 0.1) is 6.61 Å². The maximum Gasteiger partial charge on any atom is 0.119 e. The van der Waals surface area contributed by atoms with Crippen molar-refractivity contribution in [3.63, 3.8) is 0 Å². The summed E-state index contributed by atoms with van der Waals surface area (Å²) >= 11 is 0. The minimum atomic E-state index is 0.671. The van der Waals surface area contributed by atoms with Gasteiger partial charge < -0.3 is 10.1 Å². The van der Waals surface area contributed by atoms with Crippen LogP contribution in [-0.2, 0) is 0 Å². The van der Waals surface area contributed by atoms with Crippen molar-refractivity contribution in [2.75, 3.05) is 13.2 Å². The van der Waals surface area contributed by atoms with E-state index in [1.54, 1.807) is 0 Å². The lowest BCUT2D eigenvalue weighted by atomic mass is 10.00. The van der Waals surface area contributed by atoms with Gasteiger partial charge in [0.25, 0.3) is 0 Å². The molecular weight excluding hydrogens is 222 g/mol. The third kappa shape index (κ3) is 4.34. The summed E-state index contributed by atoms with van der Waals surface area (Å²) in [5.74, 6) is 1.88. The van der Waals surface area contributed by atoms with E-state index >= 15 is 0 Å². The Morgan fingerprint density at radius 1 is 1.22 bits per heavy atom. The van der Waals surface area contributed by atoms with Gasteiger partial charge in [-0.05, 0) is 50.8 Å². The molecule has 1 saturated carbocycles. The molecule has 2 rings (SSSR count). The van der Waals surface area contributed by atoms with Gasteiger partial charge >= 0.3 is 0 Å². The number of ether oxygens (including phenoxy) is 1. The summed E-state index contributed by atoms with van der Waals surface area (Å²) in [5.41, 5.74) is 0. The van der Waals surface area contributed by atoms with E-state index in [0.717, 1.165) is 31.2 Å². The first kappa shape index (κ1) is 13.4. The molecule has 0 spiro atoms. The average molecular weight is 247 g/mol. The Kier molecular flexibility index (Phi) is 5.53. The number of para-hydroxylation sites is 1. The van der Waals surface area contributed by atoms with Gasteiger partial charge in [0, 0.05) is 6.04 Å². The highest BCUT2D eigenvalue weighted by Crippen LogP contribution is 2.27. The maximum atomic E-state index is 5.67. The Bertz CT molecular complexity index is 319. The van der Waals surface area contributed by atoms with Crippen molar-refractivity contribution in [3.05, 3.63) is 30.3 Å². The van der Waals surface area contributed by atoms with E-state index in [0.29, 0.717) is 6.04 Å². The molecule has 1 aromatic carbocycles. The van der Waals surface area contributed by atoms with E-state index in [2.05, 4.69) is 12.2 Å². The molecule has 1 N–H and O–H groups in total. The predicted molar refractivity (Wildman–Crippen MR) is 76.0 cm³/mol. The van der Waals surface area contributed by atoms with Crippen molar-refractivity contribution in [2.45, 2.75) is 45.1 Å². The quantitative estimate of drug-likeness (QED) is 0.743. The van der Waals surface area contributed by atoms with Crippen molar-refractivity contribution >= 4 is 0 Å². The molecule has 0 saturated heterocycles. The van der Waals surface area contributed by atoms with Crippen LogP contribution in [0.15, 0.2) is 30.3 Å². The Morgan fingerprint density at radius 2 is 1.94 bits per heavy atom. The molecule has 0 aromatic heterocycles. The van der Waals surface area contributed by atoms with Gasteiger partial charge in [-0.25, -0.2) is 0 Å². The van der Waals surface area contributed by atoms with E-state index in [-0.39, 0.29) is 0 Å². The van der Waals surface area contributed by atoms with Gasteiger partial charge in [0.2, 0.25) is 0 Å². The van der Waals surface area contributed by atoms with Crippen LogP contribution in [0.4, 0.5) is 0 Å². The number of nitrogens with one attached hydrogen (secondary N) is 1. The molecule has 100 valence electrons. The predicted octanol–water partition coefficient (Wildman–Crippen LogP) is 3.62. The van der Waals surface area contributed by atoms with Crippen LogP contribution in [-0.4, -0.2) is 19.2 Å². The largest absolute Gasteiger partial charge is 0.494 e. The lowest BCUT2D eigenvalue weighted by Gasteiger charge is -2.20. The summed E-state index contributed by atoms with van der Waals surface area (Å²) in [7, 11) is 0. The topological polar surface area (TPSA) is 21.3 Å². The van der Waals surface area contributed by atoms with Gasteiger partial charge in [0.1, 0.15) is 5.75 Å². The van der Waals surface area contributed by atoms with Gasteiger partial charge in [-0.15, -0.1) is 0 Å². The molecule has 0 aliphatic heterocycles. The molecule has 2 nitrogen and oxygen atoms in total. The van der Waals surface area contributed by atoms with Crippen LogP contribution >= 0.6 is 0 Å². The average Bonchev–Trinajstić information content (AvgIpc) is 2.93. The zero-order valence-corrected chi connectivity index (χ0v) is 11.4. The SMILES string of the molecule is C[C@H](NCCCOc1ccccc1)C1CCCC1. The fourth-order valence-electron chi connectivity index (χ4n) is 2.73. The maximum absolute atomic E-state index is 5.67. The molecule has 1 fully saturated rings. The second-order valence-electron chi connectivity index (χ2n) is 5.30. The number of benzene rings is 1. The van der Waals surface area contributed by atoms with Gasteiger partial charge in [-0.1, -0.05) is 31.0 Å². The molecule has 2 heteroatoms. The van der Waals surface area contributed by atoms with E-state index < -0.39 is 0 Å². The molecule has 0 amide bonds. The monoisotopic (exact) mass is 247 g/mol. The second-order valence-corrected chi connectivity index (χ2v) is 5.30. The molecule has 1 atom stereocenters. The summed E-state index contributed by atoms with van der Waals surface area (Å²) < 4.78 is 5.67. The third-order valence-corrected chi connectivity index (χ3v) is 3.91. The van der Waals surface area contributed by atoms with E-state index in [4.69, 9.17) is 4.74 Å². The fraction of sp³-hybridized carbons (Fsp3) is 0.625. The first-order chi connectivity index (χ1) is 8.86. The summed E-state index contributed by atoms with van der Waals surface area (Å²) in [5, 5.41) is 3.63. The third-order valence-electron chi connectivity index (χ3n) is 3.91. The molecule has 0 bridgehead atoms. The summed E-state index contributed by atoms with van der Waals surface area (Å²) in [6.07, 6.45) is 6.75. The van der Waals surface area contributed by atoms with Gasteiger partial charge in [-0.2, -0.15) is 0 Å². The van der Waals surface area contributed by atoms with Crippen LogP contribution in [0.2, 0.25) is 0 Å². The minimum Gasteiger partial charge on any atom is -0.494 e. The van der Waals surface area contributed by atoms with Gasteiger partial charge in [0.15, 0.2) is 0 Å². The molecule has 1 aliphatic carbocycles. The molecule has 18 heavy (non-hydrogen) atoms. The van der Waals surface area contributed by atoms with E-state index in [9.17, 15) is 0 Å². The molecular formula is C16H25NO. The Hall–Kier alpha value is -1.02. The van der Waals surface area contributed by atoms with Crippen molar-refractivity contribution in [2.24, 2.45) is 5.92 Å². The summed E-state index contributed by atoms with van der Waals surface area (Å²) in [4.78, 5) is 0. The molecule has 0 heterocycles. The van der Waals surface area contributed by atoms with Crippen LogP contribution in [0.3, 0.4) is 0 Å². The van der Waals surface area contributed by atoms with Crippen molar-refractivity contribution in [1.29, 1.82) is 0 Å². The second kappa shape index (κ2) is 7.42. The lowest BCUT2D eigenvalue weighted by Crippen LogP contribution is -2.33. The molecule has 1 aromatic rings. The van der Waals surface area contributed by atoms with Gasteiger partial charge in [-0.3, -0.25) is 0 Å². The summed E-state index contributed by atoms with van der Waals surface area (Å²) in [6.45, 7) is 4.19. The minimum absolute atomic E-state index is 0.671. The first-order valence-electron chi connectivity index (χ1n) is 7.27. The number of hydrogen-bond acceptors (Lipinski definition) is 2. The fourth-order valence-corrected chi connectivity index (χ4v) is 2.73. The highest BCUT2D eigenvalue weighted by Gasteiger charge is 2.20. The highest BCUT2D eigenvalue weighted by atomic mass is 16.5. The van der Waals surface area contributed by atoms with Crippen LogP contribution in [0.1, 0.15) is 39.0 Å².